The molecule has 0 bridgehead atoms. The van der Waals surface area contributed by atoms with Gasteiger partial charge < -0.3 is 9.64 Å². The van der Waals surface area contributed by atoms with Crippen molar-refractivity contribution in [1.29, 1.82) is 0 Å². The monoisotopic (exact) mass is 297 g/mol. The second kappa shape index (κ2) is 8.71. The van der Waals surface area contributed by atoms with Crippen molar-refractivity contribution in [3.8, 4) is 0 Å². The molecule has 0 aromatic rings. The van der Waals surface area contributed by atoms with Crippen LogP contribution in [0, 0.1) is 0 Å². The van der Waals surface area contributed by atoms with Crippen molar-refractivity contribution in [2.75, 3.05) is 59.0 Å². The normalized spacial score (nSPS) is 24.5. The Labute approximate surface area is 129 Å². The van der Waals surface area contributed by atoms with Crippen LogP contribution in [-0.4, -0.2) is 85.7 Å². The van der Waals surface area contributed by atoms with Gasteiger partial charge in [-0.25, -0.2) is 0 Å². The van der Waals surface area contributed by atoms with Crippen molar-refractivity contribution >= 4 is 5.91 Å². The van der Waals surface area contributed by atoms with Gasteiger partial charge >= 0.3 is 0 Å². The Hall–Kier alpha value is -0.650. The van der Waals surface area contributed by atoms with Crippen LogP contribution in [0.25, 0.3) is 0 Å². The van der Waals surface area contributed by atoms with Gasteiger partial charge in [0.2, 0.25) is 5.91 Å². The quantitative estimate of drug-likeness (QED) is 0.734. The molecular formula is C16H31N3O2. The van der Waals surface area contributed by atoms with Crippen molar-refractivity contribution in [1.82, 2.24) is 14.7 Å². The van der Waals surface area contributed by atoms with Crippen molar-refractivity contribution in [2.24, 2.45) is 0 Å². The minimum absolute atomic E-state index is 0.285. The topological polar surface area (TPSA) is 36.0 Å². The van der Waals surface area contributed by atoms with Crippen LogP contribution in [0.15, 0.2) is 0 Å². The standard InChI is InChI=1S/C16H31N3O2/c1-3-17(4-2)14-16(20)19-10-8-18(9-11-19)13-15-7-5-6-12-21-15/h15H,3-14H2,1-2H3. The van der Waals surface area contributed by atoms with E-state index in [4.69, 9.17) is 4.74 Å². The van der Waals surface area contributed by atoms with Crippen molar-refractivity contribution in [2.45, 2.75) is 39.2 Å². The van der Waals surface area contributed by atoms with Gasteiger partial charge in [0.1, 0.15) is 0 Å². The molecule has 2 rings (SSSR count). The number of hydrogen-bond donors (Lipinski definition) is 0. The lowest BCUT2D eigenvalue weighted by atomic mass is 10.1. The van der Waals surface area contributed by atoms with Gasteiger partial charge in [-0.15, -0.1) is 0 Å². The first-order valence-electron chi connectivity index (χ1n) is 8.57. The van der Waals surface area contributed by atoms with Crippen LogP contribution in [0.5, 0.6) is 0 Å². The average molecular weight is 297 g/mol. The van der Waals surface area contributed by atoms with Gasteiger partial charge in [0.25, 0.3) is 0 Å². The summed E-state index contributed by atoms with van der Waals surface area (Å²) < 4.78 is 5.81. The smallest absolute Gasteiger partial charge is 0.236 e. The SMILES string of the molecule is CCN(CC)CC(=O)N1CCN(CC2CCCCO2)CC1. The molecule has 122 valence electrons. The molecule has 2 aliphatic rings. The van der Waals surface area contributed by atoms with Gasteiger partial charge in [0, 0.05) is 39.3 Å². The predicted molar refractivity (Wildman–Crippen MR) is 84.4 cm³/mol. The Morgan fingerprint density at radius 2 is 1.86 bits per heavy atom. The largest absolute Gasteiger partial charge is 0.377 e. The molecular weight excluding hydrogens is 266 g/mol. The number of piperazine rings is 1. The first-order chi connectivity index (χ1) is 10.2. The highest BCUT2D eigenvalue weighted by Crippen LogP contribution is 2.15. The Morgan fingerprint density at radius 1 is 1.14 bits per heavy atom. The number of nitrogens with zero attached hydrogens (tertiary/aromatic N) is 3. The number of amides is 1. The minimum Gasteiger partial charge on any atom is -0.377 e. The molecule has 2 aliphatic heterocycles. The highest BCUT2D eigenvalue weighted by atomic mass is 16.5. The van der Waals surface area contributed by atoms with Gasteiger partial charge in [-0.2, -0.15) is 0 Å². The number of carbonyl (C=O) groups excluding carboxylic acids is 1. The lowest BCUT2D eigenvalue weighted by molar-refractivity contribution is -0.134. The van der Waals surface area contributed by atoms with Crippen molar-refractivity contribution < 1.29 is 9.53 Å². The summed E-state index contributed by atoms with van der Waals surface area (Å²) in [5.74, 6) is 0.285. The molecule has 1 atom stereocenters. The third kappa shape index (κ3) is 5.24. The molecule has 0 N–H and O–H groups in total. The van der Waals surface area contributed by atoms with Gasteiger partial charge in [0.05, 0.1) is 12.6 Å². The third-order valence-corrected chi connectivity index (χ3v) is 4.71. The summed E-state index contributed by atoms with van der Waals surface area (Å²) in [5.41, 5.74) is 0. The van der Waals surface area contributed by atoms with E-state index in [1.54, 1.807) is 0 Å². The molecule has 2 heterocycles. The van der Waals surface area contributed by atoms with E-state index in [9.17, 15) is 4.79 Å². The fourth-order valence-corrected chi connectivity index (χ4v) is 3.16. The Bertz CT molecular complexity index is 307. The fourth-order valence-electron chi connectivity index (χ4n) is 3.16. The fraction of sp³-hybridized carbons (Fsp3) is 0.938. The first-order valence-corrected chi connectivity index (χ1v) is 8.57. The van der Waals surface area contributed by atoms with Crippen LogP contribution in [0.1, 0.15) is 33.1 Å². The van der Waals surface area contributed by atoms with Crippen molar-refractivity contribution in [3.05, 3.63) is 0 Å². The Kier molecular flexibility index (Phi) is 6.93. The summed E-state index contributed by atoms with van der Waals surface area (Å²) >= 11 is 0. The van der Waals surface area contributed by atoms with E-state index in [-0.39, 0.29) is 5.91 Å². The highest BCUT2D eigenvalue weighted by Gasteiger charge is 2.24. The number of rotatable bonds is 6. The van der Waals surface area contributed by atoms with Crippen molar-refractivity contribution in [3.63, 3.8) is 0 Å². The van der Waals surface area contributed by atoms with Gasteiger partial charge in [-0.1, -0.05) is 13.8 Å². The molecule has 1 unspecified atom stereocenters. The summed E-state index contributed by atoms with van der Waals surface area (Å²) in [7, 11) is 0. The number of hydrogen-bond acceptors (Lipinski definition) is 4. The summed E-state index contributed by atoms with van der Waals surface area (Å²) in [4.78, 5) is 18.9. The molecule has 5 heteroatoms. The van der Waals surface area contributed by atoms with E-state index in [0.717, 1.165) is 52.4 Å². The maximum absolute atomic E-state index is 12.3. The van der Waals surface area contributed by atoms with E-state index in [0.29, 0.717) is 12.6 Å². The van der Waals surface area contributed by atoms with Gasteiger partial charge in [-0.3, -0.25) is 14.6 Å². The van der Waals surface area contributed by atoms with Crippen LogP contribution in [0.4, 0.5) is 0 Å². The zero-order valence-corrected chi connectivity index (χ0v) is 13.7. The summed E-state index contributed by atoms with van der Waals surface area (Å²) in [5, 5.41) is 0. The molecule has 2 saturated heterocycles. The molecule has 0 aliphatic carbocycles. The summed E-state index contributed by atoms with van der Waals surface area (Å²) in [6, 6.07) is 0. The minimum atomic E-state index is 0.285. The molecule has 0 aromatic heterocycles. The molecule has 0 radical (unpaired) electrons. The van der Waals surface area contributed by atoms with E-state index in [1.165, 1.54) is 19.3 Å². The lowest BCUT2D eigenvalue weighted by Crippen LogP contribution is -2.52. The third-order valence-electron chi connectivity index (χ3n) is 4.71. The van der Waals surface area contributed by atoms with E-state index in [2.05, 4.69) is 23.6 Å². The molecule has 0 saturated carbocycles. The zero-order chi connectivity index (χ0) is 15.1. The maximum atomic E-state index is 12.3. The second-order valence-corrected chi connectivity index (χ2v) is 6.13. The van der Waals surface area contributed by atoms with Crippen LogP contribution in [0.2, 0.25) is 0 Å². The predicted octanol–water partition coefficient (Wildman–Crippen LogP) is 1.04. The van der Waals surface area contributed by atoms with E-state index in [1.807, 2.05) is 4.90 Å². The molecule has 21 heavy (non-hydrogen) atoms. The first kappa shape index (κ1) is 16.7. The van der Waals surface area contributed by atoms with Crippen LogP contribution in [0.3, 0.4) is 0 Å². The van der Waals surface area contributed by atoms with Crippen LogP contribution >= 0.6 is 0 Å². The summed E-state index contributed by atoms with van der Waals surface area (Å²) in [6.07, 6.45) is 4.12. The lowest BCUT2D eigenvalue weighted by Gasteiger charge is -2.37. The molecule has 0 aromatic carbocycles. The van der Waals surface area contributed by atoms with Gasteiger partial charge in [0.15, 0.2) is 0 Å². The Morgan fingerprint density at radius 3 is 2.43 bits per heavy atom. The average Bonchev–Trinajstić information content (AvgIpc) is 2.54. The number of carbonyl (C=O) groups is 1. The van der Waals surface area contributed by atoms with Crippen LogP contribution < -0.4 is 0 Å². The summed E-state index contributed by atoms with van der Waals surface area (Å²) in [6.45, 7) is 12.4. The van der Waals surface area contributed by atoms with Gasteiger partial charge in [-0.05, 0) is 32.4 Å². The molecule has 5 nitrogen and oxygen atoms in total. The molecule has 0 spiro atoms. The zero-order valence-electron chi connectivity index (χ0n) is 13.7. The second-order valence-electron chi connectivity index (χ2n) is 6.13. The molecule has 1 amide bonds. The highest BCUT2D eigenvalue weighted by molar-refractivity contribution is 5.78. The maximum Gasteiger partial charge on any atom is 0.236 e. The van der Waals surface area contributed by atoms with Crippen LogP contribution in [-0.2, 0) is 9.53 Å². The number of likely N-dealkylation sites (N-methyl/N-ethyl adjacent to an activating group) is 1. The Balaban J connectivity index is 1.68. The number of ether oxygens (including phenoxy) is 1. The van der Waals surface area contributed by atoms with E-state index >= 15 is 0 Å². The molecule has 2 fully saturated rings. The van der Waals surface area contributed by atoms with E-state index < -0.39 is 0 Å².